The molecule has 0 bridgehead atoms. The van der Waals surface area contributed by atoms with Gasteiger partial charge in [0, 0.05) is 12.0 Å². The van der Waals surface area contributed by atoms with Gasteiger partial charge in [-0.25, -0.2) is 4.98 Å². The summed E-state index contributed by atoms with van der Waals surface area (Å²) in [6, 6.07) is 10.1. The summed E-state index contributed by atoms with van der Waals surface area (Å²) in [7, 11) is 0. The Morgan fingerprint density at radius 3 is 2.69 bits per heavy atom. The summed E-state index contributed by atoms with van der Waals surface area (Å²) in [4.78, 5) is 4.42. The predicted octanol–water partition coefficient (Wildman–Crippen LogP) is 4.06. The van der Waals surface area contributed by atoms with Crippen molar-refractivity contribution in [2.45, 2.75) is 19.3 Å². The summed E-state index contributed by atoms with van der Waals surface area (Å²) in [6.45, 7) is 0. The maximum Gasteiger partial charge on any atom is 0.196 e. The number of oxazole rings is 1. The summed E-state index contributed by atoms with van der Waals surface area (Å²) in [5.74, 6) is 2.50. The highest BCUT2D eigenvalue weighted by Gasteiger charge is 2.25. The topological polar surface area (TPSA) is 26.0 Å². The first-order valence-corrected chi connectivity index (χ1v) is 6.33. The third kappa shape index (κ3) is 2.05. The summed E-state index contributed by atoms with van der Waals surface area (Å²) in [6.07, 6.45) is 3.62. The summed E-state index contributed by atoms with van der Waals surface area (Å²) in [5, 5.41) is 0. The second kappa shape index (κ2) is 4.06. The van der Waals surface area contributed by atoms with Crippen LogP contribution in [0.3, 0.4) is 0 Å². The first-order valence-electron chi connectivity index (χ1n) is 5.53. The average molecular weight is 278 g/mol. The molecule has 1 aliphatic carbocycles. The Hall–Kier alpha value is -1.09. The van der Waals surface area contributed by atoms with E-state index in [0.717, 1.165) is 34.2 Å². The number of hydrogen-bond acceptors (Lipinski definition) is 2. The van der Waals surface area contributed by atoms with Crippen LogP contribution >= 0.6 is 15.9 Å². The van der Waals surface area contributed by atoms with Crippen LogP contribution in [-0.4, -0.2) is 4.98 Å². The molecule has 0 amide bonds. The zero-order valence-electron chi connectivity index (χ0n) is 8.82. The summed E-state index contributed by atoms with van der Waals surface area (Å²) >= 11 is 3.46. The summed E-state index contributed by atoms with van der Waals surface area (Å²) < 4.78 is 6.61. The predicted molar refractivity (Wildman–Crippen MR) is 66.1 cm³/mol. The second-order valence-electron chi connectivity index (χ2n) is 4.24. The number of aromatic nitrogens is 1. The van der Waals surface area contributed by atoms with Gasteiger partial charge in [-0.1, -0.05) is 30.3 Å². The zero-order chi connectivity index (χ0) is 11.0. The molecule has 0 aliphatic heterocycles. The monoisotopic (exact) mass is 277 g/mol. The fraction of sp³-hybridized carbons (Fsp3) is 0.308. The zero-order valence-corrected chi connectivity index (χ0v) is 10.4. The van der Waals surface area contributed by atoms with Crippen LogP contribution in [0.25, 0.3) is 11.3 Å². The van der Waals surface area contributed by atoms with Gasteiger partial charge < -0.3 is 4.42 Å². The Labute approximate surface area is 103 Å². The lowest BCUT2D eigenvalue weighted by molar-refractivity contribution is 0.493. The molecule has 0 N–H and O–H groups in total. The number of hydrogen-bond donors (Lipinski definition) is 0. The summed E-state index contributed by atoms with van der Waals surface area (Å²) in [5.41, 5.74) is 1.07. The highest BCUT2D eigenvalue weighted by molar-refractivity contribution is 9.10. The third-order valence-electron chi connectivity index (χ3n) is 2.83. The molecule has 1 fully saturated rings. The van der Waals surface area contributed by atoms with Crippen molar-refractivity contribution in [3.05, 3.63) is 40.8 Å². The van der Waals surface area contributed by atoms with Gasteiger partial charge in [-0.2, -0.15) is 0 Å². The van der Waals surface area contributed by atoms with E-state index in [9.17, 15) is 0 Å². The maximum atomic E-state index is 5.79. The fourth-order valence-electron chi connectivity index (χ4n) is 1.77. The molecule has 1 aromatic heterocycles. The molecule has 2 nitrogen and oxygen atoms in total. The number of halogens is 1. The van der Waals surface area contributed by atoms with Crippen LogP contribution in [0, 0.1) is 5.92 Å². The van der Waals surface area contributed by atoms with Crippen molar-refractivity contribution in [2.75, 3.05) is 0 Å². The normalized spacial score (nSPS) is 15.3. The van der Waals surface area contributed by atoms with Crippen molar-refractivity contribution in [1.29, 1.82) is 0 Å². The van der Waals surface area contributed by atoms with E-state index in [1.807, 2.05) is 30.3 Å². The maximum absolute atomic E-state index is 5.79. The fourth-order valence-corrected chi connectivity index (χ4v) is 2.27. The average Bonchev–Trinajstić information content (AvgIpc) is 3.03. The minimum atomic E-state index is 0.800. The molecule has 1 heterocycles. The van der Waals surface area contributed by atoms with E-state index >= 15 is 0 Å². The van der Waals surface area contributed by atoms with Crippen LogP contribution in [0.4, 0.5) is 0 Å². The van der Waals surface area contributed by atoms with E-state index < -0.39 is 0 Å². The quantitative estimate of drug-likeness (QED) is 0.846. The van der Waals surface area contributed by atoms with E-state index in [1.165, 1.54) is 12.8 Å². The molecule has 0 radical (unpaired) electrons. The molecule has 2 aromatic rings. The second-order valence-corrected chi connectivity index (χ2v) is 4.99. The van der Waals surface area contributed by atoms with Gasteiger partial charge in [0.2, 0.25) is 0 Å². The molecule has 1 aromatic carbocycles. The smallest absolute Gasteiger partial charge is 0.196 e. The minimum absolute atomic E-state index is 0.800. The first kappa shape index (κ1) is 10.1. The molecule has 16 heavy (non-hydrogen) atoms. The Morgan fingerprint density at radius 2 is 2.00 bits per heavy atom. The van der Waals surface area contributed by atoms with Gasteiger partial charge in [-0.3, -0.25) is 0 Å². The molecule has 0 spiro atoms. The van der Waals surface area contributed by atoms with Crippen molar-refractivity contribution < 1.29 is 4.42 Å². The Bertz CT molecular complexity index is 488. The van der Waals surface area contributed by atoms with Crippen molar-refractivity contribution in [3.63, 3.8) is 0 Å². The van der Waals surface area contributed by atoms with Crippen LogP contribution in [0.5, 0.6) is 0 Å². The largest absolute Gasteiger partial charge is 0.439 e. The molecule has 3 heteroatoms. The van der Waals surface area contributed by atoms with Gasteiger partial charge in [0.1, 0.15) is 0 Å². The Kier molecular flexibility index (Phi) is 2.56. The van der Waals surface area contributed by atoms with Gasteiger partial charge >= 0.3 is 0 Å². The van der Waals surface area contributed by atoms with Gasteiger partial charge in [0.15, 0.2) is 16.3 Å². The molecule has 82 valence electrons. The SMILES string of the molecule is Brc1nc(CC2CC2)oc1-c1ccccc1. The van der Waals surface area contributed by atoms with Crippen LogP contribution in [-0.2, 0) is 6.42 Å². The number of rotatable bonds is 3. The van der Waals surface area contributed by atoms with Crippen LogP contribution in [0.15, 0.2) is 39.4 Å². The van der Waals surface area contributed by atoms with Crippen molar-refractivity contribution in [3.8, 4) is 11.3 Å². The molecule has 1 aliphatic rings. The van der Waals surface area contributed by atoms with Crippen LogP contribution in [0.2, 0.25) is 0 Å². The standard InChI is InChI=1S/C13H12BrNO/c14-13-12(10-4-2-1-3-5-10)16-11(15-13)8-9-6-7-9/h1-5,9H,6-8H2. The number of nitrogens with zero attached hydrogens (tertiary/aromatic N) is 1. The van der Waals surface area contributed by atoms with E-state index in [4.69, 9.17) is 4.42 Å². The molecular formula is C13H12BrNO. The van der Waals surface area contributed by atoms with Crippen molar-refractivity contribution >= 4 is 15.9 Å². The Morgan fingerprint density at radius 1 is 1.25 bits per heavy atom. The van der Waals surface area contributed by atoms with Gasteiger partial charge in [0.05, 0.1) is 0 Å². The molecular weight excluding hydrogens is 266 g/mol. The number of benzene rings is 1. The lowest BCUT2D eigenvalue weighted by atomic mass is 10.2. The third-order valence-corrected chi connectivity index (χ3v) is 3.36. The van der Waals surface area contributed by atoms with Gasteiger partial charge in [0.25, 0.3) is 0 Å². The lowest BCUT2D eigenvalue weighted by Gasteiger charge is -1.95. The van der Waals surface area contributed by atoms with E-state index in [0.29, 0.717) is 0 Å². The highest BCUT2D eigenvalue weighted by Crippen LogP contribution is 2.35. The molecule has 0 atom stereocenters. The van der Waals surface area contributed by atoms with Crippen molar-refractivity contribution in [1.82, 2.24) is 4.98 Å². The first-order chi connectivity index (χ1) is 7.83. The molecule has 1 saturated carbocycles. The minimum Gasteiger partial charge on any atom is -0.439 e. The Balaban J connectivity index is 1.91. The van der Waals surface area contributed by atoms with Gasteiger partial charge in [-0.05, 0) is 34.7 Å². The molecule has 0 unspecified atom stereocenters. The van der Waals surface area contributed by atoms with Crippen LogP contribution < -0.4 is 0 Å². The van der Waals surface area contributed by atoms with E-state index in [-0.39, 0.29) is 0 Å². The van der Waals surface area contributed by atoms with Crippen molar-refractivity contribution in [2.24, 2.45) is 5.92 Å². The molecule has 3 rings (SSSR count). The highest BCUT2D eigenvalue weighted by atomic mass is 79.9. The van der Waals surface area contributed by atoms with E-state index in [1.54, 1.807) is 0 Å². The lowest BCUT2D eigenvalue weighted by Crippen LogP contribution is -1.85. The van der Waals surface area contributed by atoms with Gasteiger partial charge in [-0.15, -0.1) is 0 Å². The van der Waals surface area contributed by atoms with Crippen LogP contribution in [0.1, 0.15) is 18.7 Å². The van der Waals surface area contributed by atoms with E-state index in [2.05, 4.69) is 20.9 Å². The molecule has 0 saturated heterocycles.